The summed E-state index contributed by atoms with van der Waals surface area (Å²) >= 11 is 1.86. The number of aryl methyl sites for hydroxylation is 1. The third kappa shape index (κ3) is 3.52. The first-order valence-electron chi connectivity index (χ1n) is 10.5. The molecule has 2 aromatic carbocycles. The van der Waals surface area contributed by atoms with Crippen LogP contribution in [0.2, 0.25) is 0 Å². The van der Waals surface area contributed by atoms with Crippen LogP contribution in [0.4, 0.5) is 5.69 Å². The Bertz CT molecular complexity index is 1240. The van der Waals surface area contributed by atoms with Crippen LogP contribution in [0.15, 0.2) is 60.7 Å². The zero-order chi connectivity index (χ0) is 20.7. The molecular formula is C26H24N2OS. The predicted molar refractivity (Wildman–Crippen MR) is 126 cm³/mol. The molecule has 0 radical (unpaired) electrons. The van der Waals surface area contributed by atoms with E-state index >= 15 is 0 Å². The van der Waals surface area contributed by atoms with E-state index in [2.05, 4.69) is 54.7 Å². The number of carbonyl (C=O) groups is 1. The molecule has 1 amide bonds. The number of hydrogen-bond acceptors (Lipinski definition) is 3. The van der Waals surface area contributed by atoms with Gasteiger partial charge >= 0.3 is 0 Å². The quantitative estimate of drug-likeness (QED) is 0.406. The van der Waals surface area contributed by atoms with Gasteiger partial charge in [0.2, 0.25) is 5.91 Å². The van der Waals surface area contributed by atoms with Crippen LogP contribution in [0.5, 0.6) is 0 Å². The highest BCUT2D eigenvalue weighted by molar-refractivity contribution is 7.19. The normalized spacial score (nSPS) is 15.7. The molecule has 0 spiro atoms. The van der Waals surface area contributed by atoms with Gasteiger partial charge in [-0.25, -0.2) is 4.98 Å². The number of amides is 1. The number of thiophene rings is 1. The number of aromatic nitrogens is 1. The van der Waals surface area contributed by atoms with Crippen LogP contribution < -0.4 is 5.32 Å². The van der Waals surface area contributed by atoms with Gasteiger partial charge in [-0.2, -0.15) is 0 Å². The maximum Gasteiger partial charge on any atom is 0.221 e. The Morgan fingerprint density at radius 1 is 1.07 bits per heavy atom. The molecule has 3 nitrogen and oxygen atoms in total. The van der Waals surface area contributed by atoms with E-state index in [1.54, 1.807) is 0 Å². The first kappa shape index (κ1) is 19.0. The molecular weight excluding hydrogens is 388 g/mol. The number of carbonyl (C=O) groups excluding carboxylic acids is 1. The van der Waals surface area contributed by atoms with Gasteiger partial charge in [0, 0.05) is 28.4 Å². The lowest BCUT2D eigenvalue weighted by atomic mass is 9.87. The summed E-state index contributed by atoms with van der Waals surface area (Å²) in [5, 5.41) is 4.21. The van der Waals surface area contributed by atoms with E-state index in [4.69, 9.17) is 4.98 Å². The molecule has 1 atom stereocenters. The van der Waals surface area contributed by atoms with Gasteiger partial charge in [-0.1, -0.05) is 49.4 Å². The third-order valence-corrected chi connectivity index (χ3v) is 6.98. The van der Waals surface area contributed by atoms with Gasteiger partial charge in [0.25, 0.3) is 0 Å². The molecule has 1 unspecified atom stereocenters. The highest BCUT2D eigenvalue weighted by atomic mass is 32.1. The number of pyridine rings is 1. The fourth-order valence-electron chi connectivity index (χ4n) is 4.40. The number of nitrogens with one attached hydrogen (secondary N) is 1. The summed E-state index contributed by atoms with van der Waals surface area (Å²) in [5.41, 5.74) is 6.73. The van der Waals surface area contributed by atoms with Crippen LogP contribution in [0.1, 0.15) is 30.7 Å². The van der Waals surface area contributed by atoms with Crippen molar-refractivity contribution in [1.82, 2.24) is 4.98 Å². The fourth-order valence-corrected chi connectivity index (χ4v) is 5.80. The van der Waals surface area contributed by atoms with Gasteiger partial charge in [-0.15, -0.1) is 11.3 Å². The summed E-state index contributed by atoms with van der Waals surface area (Å²) in [5.74, 6) is 0.667. The van der Waals surface area contributed by atoms with E-state index in [0.717, 1.165) is 40.5 Å². The van der Waals surface area contributed by atoms with Gasteiger partial charge in [0.15, 0.2) is 0 Å². The van der Waals surface area contributed by atoms with Crippen molar-refractivity contribution in [2.75, 3.05) is 5.32 Å². The van der Waals surface area contributed by atoms with E-state index in [-0.39, 0.29) is 5.91 Å². The summed E-state index contributed by atoms with van der Waals surface area (Å²) in [7, 11) is 0. The Kier molecular flexibility index (Phi) is 4.87. The van der Waals surface area contributed by atoms with Crippen LogP contribution in [-0.2, 0) is 17.6 Å². The smallest absolute Gasteiger partial charge is 0.221 e. The Labute approximate surface area is 180 Å². The minimum Gasteiger partial charge on any atom is -0.326 e. The van der Waals surface area contributed by atoms with Gasteiger partial charge in [-0.3, -0.25) is 4.79 Å². The Hall–Kier alpha value is -2.98. The average Bonchev–Trinajstić information content (AvgIpc) is 3.10. The van der Waals surface area contributed by atoms with Crippen molar-refractivity contribution in [3.63, 3.8) is 0 Å². The Balaban J connectivity index is 1.72. The molecule has 0 fully saturated rings. The molecule has 1 aliphatic rings. The highest BCUT2D eigenvalue weighted by Crippen LogP contribution is 2.43. The van der Waals surface area contributed by atoms with Crippen LogP contribution in [0.3, 0.4) is 0 Å². The predicted octanol–water partition coefficient (Wildman–Crippen LogP) is 6.71. The molecule has 5 rings (SSSR count). The molecule has 30 heavy (non-hydrogen) atoms. The number of rotatable bonds is 3. The third-order valence-electron chi connectivity index (χ3n) is 5.83. The van der Waals surface area contributed by atoms with Crippen LogP contribution >= 0.6 is 11.3 Å². The zero-order valence-electron chi connectivity index (χ0n) is 17.2. The lowest BCUT2D eigenvalue weighted by Gasteiger charge is -2.18. The van der Waals surface area contributed by atoms with E-state index < -0.39 is 0 Å². The lowest BCUT2D eigenvalue weighted by Crippen LogP contribution is -2.08. The zero-order valence-corrected chi connectivity index (χ0v) is 18.1. The van der Waals surface area contributed by atoms with Crippen molar-refractivity contribution in [3.8, 4) is 22.4 Å². The molecule has 0 saturated heterocycles. The fraction of sp³-hybridized carbons (Fsp3) is 0.231. The minimum atomic E-state index is -0.0689. The molecule has 0 bridgehead atoms. The van der Waals surface area contributed by atoms with Crippen molar-refractivity contribution in [1.29, 1.82) is 0 Å². The first-order chi connectivity index (χ1) is 14.6. The summed E-state index contributed by atoms with van der Waals surface area (Å²) in [4.78, 5) is 19.2. The molecule has 2 aromatic heterocycles. The molecule has 150 valence electrons. The van der Waals surface area contributed by atoms with Crippen LogP contribution in [-0.4, -0.2) is 10.9 Å². The lowest BCUT2D eigenvalue weighted by molar-refractivity contribution is -0.114. The molecule has 0 saturated carbocycles. The molecule has 4 aromatic rings. The maximum absolute atomic E-state index is 11.5. The number of fused-ring (bicyclic) bond motifs is 3. The standard InChI is InChI=1S/C26H24N2OS/c1-16-11-12-21-24(13-16)30-26-25(21)22(18-7-4-3-5-8-18)15-23(28-26)19-9-6-10-20(14-19)27-17(2)29/h3-10,14-16H,11-13H2,1-2H3,(H,27,29). The maximum atomic E-state index is 11.5. The van der Waals surface area contributed by atoms with Gasteiger partial charge in [0.05, 0.1) is 5.69 Å². The second-order valence-electron chi connectivity index (χ2n) is 8.21. The van der Waals surface area contributed by atoms with Gasteiger partial charge in [0.1, 0.15) is 4.83 Å². The molecule has 0 aliphatic heterocycles. The van der Waals surface area contributed by atoms with Gasteiger partial charge < -0.3 is 5.32 Å². The molecule has 1 aliphatic carbocycles. The minimum absolute atomic E-state index is 0.0689. The summed E-state index contributed by atoms with van der Waals surface area (Å²) in [6, 6.07) is 20.8. The van der Waals surface area contributed by atoms with Crippen LogP contribution in [0, 0.1) is 5.92 Å². The number of anilines is 1. The SMILES string of the molecule is CC(=O)Nc1cccc(-c2cc(-c3ccccc3)c3c4c(sc3n2)CC(C)CC4)c1. The van der Waals surface area contributed by atoms with Crippen molar-refractivity contribution >= 4 is 33.1 Å². The van der Waals surface area contributed by atoms with E-state index in [1.807, 2.05) is 29.5 Å². The largest absolute Gasteiger partial charge is 0.326 e. The summed E-state index contributed by atoms with van der Waals surface area (Å²) in [6.07, 6.45) is 3.53. The van der Waals surface area contributed by atoms with E-state index in [0.29, 0.717) is 0 Å². The van der Waals surface area contributed by atoms with Crippen molar-refractivity contribution in [2.24, 2.45) is 5.92 Å². The van der Waals surface area contributed by atoms with E-state index in [9.17, 15) is 4.79 Å². The molecule has 2 heterocycles. The number of benzene rings is 2. The first-order valence-corrected chi connectivity index (χ1v) is 11.3. The summed E-state index contributed by atoms with van der Waals surface area (Å²) in [6.45, 7) is 3.87. The topological polar surface area (TPSA) is 42.0 Å². The Morgan fingerprint density at radius 2 is 1.87 bits per heavy atom. The second kappa shape index (κ2) is 7.69. The highest BCUT2D eigenvalue weighted by Gasteiger charge is 2.23. The monoisotopic (exact) mass is 412 g/mol. The Morgan fingerprint density at radius 3 is 2.67 bits per heavy atom. The number of hydrogen-bond donors (Lipinski definition) is 1. The molecule has 4 heteroatoms. The average molecular weight is 413 g/mol. The summed E-state index contributed by atoms with van der Waals surface area (Å²) < 4.78 is 0. The van der Waals surface area contributed by atoms with Crippen molar-refractivity contribution < 1.29 is 4.79 Å². The van der Waals surface area contributed by atoms with Crippen LogP contribution in [0.25, 0.3) is 32.6 Å². The second-order valence-corrected chi connectivity index (χ2v) is 9.30. The van der Waals surface area contributed by atoms with Gasteiger partial charge in [-0.05, 0) is 60.1 Å². The molecule has 1 N–H and O–H groups in total. The van der Waals surface area contributed by atoms with Crippen molar-refractivity contribution in [2.45, 2.75) is 33.1 Å². The van der Waals surface area contributed by atoms with E-state index in [1.165, 1.54) is 40.3 Å². The number of nitrogens with zero attached hydrogens (tertiary/aromatic N) is 1. The van der Waals surface area contributed by atoms with Crippen molar-refractivity contribution in [3.05, 3.63) is 71.1 Å².